The summed E-state index contributed by atoms with van der Waals surface area (Å²) in [4.78, 5) is 1.86. The highest BCUT2D eigenvalue weighted by Crippen LogP contribution is 2.16. The van der Waals surface area contributed by atoms with E-state index in [1.54, 1.807) is 11.8 Å². The van der Waals surface area contributed by atoms with Gasteiger partial charge in [-0.2, -0.15) is 0 Å². The molecule has 0 bridgehead atoms. The molecule has 1 atom stereocenters. The van der Waals surface area contributed by atoms with Crippen LogP contribution in [0.4, 0.5) is 0 Å². The topological polar surface area (TPSA) is 26.3 Å². The molecule has 16 heavy (non-hydrogen) atoms. The van der Waals surface area contributed by atoms with Gasteiger partial charge in [-0.15, -0.1) is 11.8 Å². The highest BCUT2D eigenvalue weighted by atomic mass is 32.2. The molecule has 0 N–H and O–H groups in total. The average Bonchev–Trinajstić information content (AvgIpc) is 2.42. The van der Waals surface area contributed by atoms with Gasteiger partial charge >= 0.3 is 0 Å². The van der Waals surface area contributed by atoms with Gasteiger partial charge in [-0.05, 0) is 30.5 Å². The molecule has 0 aromatic heterocycles. The molecule has 94 valence electrons. The third-order valence-electron chi connectivity index (χ3n) is 1.40. The number of hydrogen-bond donors (Lipinski definition) is 0. The van der Waals surface area contributed by atoms with Gasteiger partial charge in [-0.25, -0.2) is 4.21 Å². The molecule has 0 heterocycles. The Hall–Kier alpha value is -0.320. The van der Waals surface area contributed by atoms with E-state index >= 15 is 0 Å². The molecule has 1 unspecified atom stereocenters. The molecule has 0 saturated heterocycles. The maximum absolute atomic E-state index is 11.1. The summed E-state index contributed by atoms with van der Waals surface area (Å²) in [5.74, 6) is 0. The first-order valence-electron chi connectivity index (χ1n) is 5.38. The van der Waals surface area contributed by atoms with Crippen molar-refractivity contribution >= 4 is 22.8 Å². The van der Waals surface area contributed by atoms with Crippen molar-refractivity contribution in [3.63, 3.8) is 0 Å². The largest absolute Gasteiger partial charge is 0.290 e. The molecule has 1 aromatic carbocycles. The first kappa shape index (κ1) is 18.1. The molecular weight excluding hydrogens is 240 g/mol. The Labute approximate surface area is 106 Å². The van der Waals surface area contributed by atoms with Crippen molar-refractivity contribution < 1.29 is 8.39 Å². The summed E-state index contributed by atoms with van der Waals surface area (Å²) in [7, 11) is 1.43. The molecule has 1 rings (SSSR count). The second-order valence-electron chi connectivity index (χ2n) is 2.08. The minimum Gasteiger partial charge on any atom is -0.290 e. The first-order valence-corrected chi connectivity index (χ1v) is 7.68. The van der Waals surface area contributed by atoms with E-state index in [-0.39, 0.29) is 0 Å². The van der Waals surface area contributed by atoms with Crippen LogP contribution in [0.5, 0.6) is 0 Å². The SMILES string of the molecule is CC.CC.COS(=O)c1ccc(SC)cc1. The van der Waals surface area contributed by atoms with Crippen LogP contribution in [-0.4, -0.2) is 17.6 Å². The Morgan fingerprint density at radius 3 is 1.81 bits per heavy atom. The molecule has 0 aliphatic carbocycles. The van der Waals surface area contributed by atoms with Crippen molar-refractivity contribution in [1.29, 1.82) is 0 Å². The van der Waals surface area contributed by atoms with Gasteiger partial charge in [0.25, 0.3) is 0 Å². The summed E-state index contributed by atoms with van der Waals surface area (Å²) in [6.07, 6.45) is 2.00. The van der Waals surface area contributed by atoms with Gasteiger partial charge in [-0.3, -0.25) is 4.18 Å². The number of thioether (sulfide) groups is 1. The second-order valence-corrected chi connectivity index (χ2v) is 4.23. The summed E-state index contributed by atoms with van der Waals surface area (Å²) in [6.45, 7) is 8.00. The van der Waals surface area contributed by atoms with E-state index in [1.807, 2.05) is 58.2 Å². The van der Waals surface area contributed by atoms with Gasteiger partial charge in [-0.1, -0.05) is 27.7 Å². The third kappa shape index (κ3) is 7.04. The maximum atomic E-state index is 11.1. The molecule has 0 aliphatic rings. The molecule has 0 aliphatic heterocycles. The van der Waals surface area contributed by atoms with Crippen LogP contribution in [0.1, 0.15) is 27.7 Å². The Morgan fingerprint density at radius 2 is 1.50 bits per heavy atom. The van der Waals surface area contributed by atoms with Crippen molar-refractivity contribution in [3.8, 4) is 0 Å². The summed E-state index contributed by atoms with van der Waals surface area (Å²) in [5.41, 5.74) is 0. The summed E-state index contributed by atoms with van der Waals surface area (Å²) in [6, 6.07) is 7.48. The summed E-state index contributed by atoms with van der Waals surface area (Å²) >= 11 is 0.347. The van der Waals surface area contributed by atoms with Gasteiger partial charge < -0.3 is 0 Å². The van der Waals surface area contributed by atoms with E-state index in [1.165, 1.54) is 7.11 Å². The molecule has 0 radical (unpaired) electrons. The lowest BCUT2D eigenvalue weighted by Crippen LogP contribution is -1.92. The molecule has 0 fully saturated rings. The lowest BCUT2D eigenvalue weighted by atomic mass is 10.4. The fourth-order valence-electron chi connectivity index (χ4n) is 0.783. The molecule has 4 heteroatoms. The van der Waals surface area contributed by atoms with Crippen LogP contribution in [0.25, 0.3) is 0 Å². The van der Waals surface area contributed by atoms with Crippen molar-refractivity contribution in [3.05, 3.63) is 24.3 Å². The van der Waals surface area contributed by atoms with Gasteiger partial charge in [0.1, 0.15) is 0 Å². The van der Waals surface area contributed by atoms with Crippen LogP contribution >= 0.6 is 11.8 Å². The number of rotatable bonds is 3. The fraction of sp³-hybridized carbons (Fsp3) is 0.500. The molecule has 0 saturated carbocycles. The van der Waals surface area contributed by atoms with Crippen LogP contribution in [0, 0.1) is 0 Å². The van der Waals surface area contributed by atoms with Crippen LogP contribution in [0.15, 0.2) is 34.1 Å². The van der Waals surface area contributed by atoms with E-state index in [9.17, 15) is 4.21 Å². The zero-order valence-electron chi connectivity index (χ0n) is 10.9. The van der Waals surface area contributed by atoms with Crippen LogP contribution < -0.4 is 0 Å². The van der Waals surface area contributed by atoms with Crippen LogP contribution in [-0.2, 0) is 15.3 Å². The van der Waals surface area contributed by atoms with Gasteiger partial charge in [0, 0.05) is 4.90 Å². The average molecular weight is 262 g/mol. The van der Waals surface area contributed by atoms with E-state index in [0.717, 1.165) is 4.90 Å². The Balaban J connectivity index is 0. The predicted octanol–water partition coefficient (Wildman–Crippen LogP) is 4.13. The smallest absolute Gasteiger partial charge is 0.188 e. The molecular formula is C12H22O2S2. The lowest BCUT2D eigenvalue weighted by molar-refractivity contribution is 0.445. The van der Waals surface area contributed by atoms with Gasteiger partial charge in [0.05, 0.1) is 12.0 Å². The molecule has 2 nitrogen and oxygen atoms in total. The van der Waals surface area contributed by atoms with Crippen LogP contribution in [0.3, 0.4) is 0 Å². The number of benzene rings is 1. The zero-order valence-corrected chi connectivity index (χ0v) is 12.6. The minimum absolute atomic E-state index is 0.704. The Bertz CT molecular complexity index is 271. The van der Waals surface area contributed by atoms with E-state index in [2.05, 4.69) is 4.18 Å². The Kier molecular flexibility index (Phi) is 14.4. The Morgan fingerprint density at radius 1 is 1.06 bits per heavy atom. The highest BCUT2D eigenvalue weighted by molar-refractivity contribution is 7.98. The summed E-state index contributed by atoms with van der Waals surface area (Å²) in [5, 5.41) is 0. The normalized spacial score (nSPS) is 10.4. The first-order chi connectivity index (χ1) is 7.77. The van der Waals surface area contributed by atoms with Gasteiger partial charge in [0.15, 0.2) is 11.1 Å². The zero-order chi connectivity index (χ0) is 13.0. The fourth-order valence-corrected chi connectivity index (χ4v) is 1.74. The predicted molar refractivity (Wildman–Crippen MR) is 74.3 cm³/mol. The van der Waals surface area contributed by atoms with Gasteiger partial charge in [0.2, 0.25) is 0 Å². The number of hydrogen-bond acceptors (Lipinski definition) is 3. The molecule has 0 spiro atoms. The van der Waals surface area contributed by atoms with E-state index in [0.29, 0.717) is 4.90 Å². The van der Waals surface area contributed by atoms with Crippen molar-refractivity contribution in [1.82, 2.24) is 0 Å². The summed E-state index contributed by atoms with van der Waals surface area (Å²) < 4.78 is 15.8. The van der Waals surface area contributed by atoms with Crippen molar-refractivity contribution in [2.75, 3.05) is 13.4 Å². The second kappa shape index (κ2) is 12.7. The monoisotopic (exact) mass is 262 g/mol. The third-order valence-corrected chi connectivity index (χ3v) is 3.11. The molecule has 0 amide bonds. The van der Waals surface area contributed by atoms with Crippen molar-refractivity contribution in [2.24, 2.45) is 0 Å². The lowest BCUT2D eigenvalue weighted by Gasteiger charge is -1.99. The van der Waals surface area contributed by atoms with Crippen molar-refractivity contribution in [2.45, 2.75) is 37.5 Å². The highest BCUT2D eigenvalue weighted by Gasteiger charge is 2.00. The van der Waals surface area contributed by atoms with E-state index in [4.69, 9.17) is 0 Å². The molecule has 1 aromatic rings. The van der Waals surface area contributed by atoms with Crippen LogP contribution in [0.2, 0.25) is 0 Å². The quantitative estimate of drug-likeness (QED) is 0.766. The minimum atomic E-state index is -1.31. The maximum Gasteiger partial charge on any atom is 0.188 e. The standard InChI is InChI=1S/C8H10O2S2.2C2H6/c1-10-12(9)8-5-3-7(11-2)4-6-8;2*1-2/h3-6H,1-2H3;2*1-2H3. The van der Waals surface area contributed by atoms with E-state index < -0.39 is 11.1 Å².